The lowest BCUT2D eigenvalue weighted by Crippen LogP contribution is -2.00. The van der Waals surface area contributed by atoms with Gasteiger partial charge < -0.3 is 9.47 Å². The Labute approximate surface area is 130 Å². The molecule has 0 N–H and O–H groups in total. The summed E-state index contributed by atoms with van der Waals surface area (Å²) in [7, 11) is 1.63. The SMILES string of the molecule is COc1ccc(CC(=O)/C=C2/CC3C=CC=CC=C3O2)cc1. The Bertz CT molecular complexity index is 675. The number of carbonyl (C=O) groups excluding carboxylic acids is 1. The summed E-state index contributed by atoms with van der Waals surface area (Å²) >= 11 is 0. The van der Waals surface area contributed by atoms with Crippen molar-refractivity contribution in [1.82, 2.24) is 0 Å². The number of carbonyl (C=O) groups is 1. The van der Waals surface area contributed by atoms with Crippen molar-refractivity contribution in [2.24, 2.45) is 5.92 Å². The summed E-state index contributed by atoms with van der Waals surface area (Å²) in [6.07, 6.45) is 12.7. The summed E-state index contributed by atoms with van der Waals surface area (Å²) in [5.74, 6) is 2.75. The molecule has 0 amide bonds. The van der Waals surface area contributed by atoms with Crippen molar-refractivity contribution in [1.29, 1.82) is 0 Å². The fraction of sp³-hybridized carbons (Fsp3) is 0.211. The molecule has 1 heterocycles. The van der Waals surface area contributed by atoms with Crippen LogP contribution < -0.4 is 4.74 Å². The predicted octanol–water partition coefficient (Wildman–Crippen LogP) is 3.74. The van der Waals surface area contributed by atoms with Crippen LogP contribution in [0.4, 0.5) is 0 Å². The van der Waals surface area contributed by atoms with E-state index in [1.165, 1.54) is 0 Å². The minimum atomic E-state index is 0.0525. The number of fused-ring (bicyclic) bond motifs is 1. The number of hydrogen-bond acceptors (Lipinski definition) is 3. The molecule has 1 unspecified atom stereocenters. The molecule has 1 aliphatic heterocycles. The van der Waals surface area contributed by atoms with Gasteiger partial charge in [-0.25, -0.2) is 0 Å². The summed E-state index contributed by atoms with van der Waals surface area (Å²) in [6, 6.07) is 7.54. The molecule has 0 spiro atoms. The van der Waals surface area contributed by atoms with E-state index in [1.807, 2.05) is 48.6 Å². The van der Waals surface area contributed by atoms with Crippen LogP contribution in [0.1, 0.15) is 12.0 Å². The normalized spacial score (nSPS) is 21.0. The van der Waals surface area contributed by atoms with Gasteiger partial charge in [0.1, 0.15) is 17.3 Å². The summed E-state index contributed by atoms with van der Waals surface area (Å²) in [5.41, 5.74) is 0.969. The van der Waals surface area contributed by atoms with Crippen LogP contribution in [0.5, 0.6) is 5.75 Å². The Morgan fingerprint density at radius 1 is 1.27 bits per heavy atom. The topological polar surface area (TPSA) is 35.5 Å². The third-order valence-electron chi connectivity index (χ3n) is 3.72. The van der Waals surface area contributed by atoms with Gasteiger partial charge >= 0.3 is 0 Å². The first-order valence-corrected chi connectivity index (χ1v) is 7.34. The highest BCUT2D eigenvalue weighted by Crippen LogP contribution is 2.34. The summed E-state index contributed by atoms with van der Waals surface area (Å²) in [6.45, 7) is 0. The van der Waals surface area contributed by atoms with Crippen molar-refractivity contribution in [3.05, 3.63) is 77.8 Å². The molecule has 1 aliphatic carbocycles. The fourth-order valence-electron chi connectivity index (χ4n) is 2.58. The van der Waals surface area contributed by atoms with Gasteiger partial charge in [-0.1, -0.05) is 36.4 Å². The maximum atomic E-state index is 12.2. The minimum absolute atomic E-state index is 0.0525. The van der Waals surface area contributed by atoms with Crippen LogP contribution in [0.25, 0.3) is 0 Å². The largest absolute Gasteiger partial charge is 0.497 e. The second-order valence-corrected chi connectivity index (χ2v) is 5.35. The maximum absolute atomic E-state index is 12.2. The molecule has 3 heteroatoms. The zero-order valence-corrected chi connectivity index (χ0v) is 12.5. The Kier molecular flexibility index (Phi) is 4.24. The highest BCUT2D eigenvalue weighted by molar-refractivity contribution is 5.91. The van der Waals surface area contributed by atoms with E-state index >= 15 is 0 Å². The maximum Gasteiger partial charge on any atom is 0.163 e. The van der Waals surface area contributed by atoms with Crippen LogP contribution in [0.3, 0.4) is 0 Å². The lowest BCUT2D eigenvalue weighted by molar-refractivity contribution is -0.114. The molecule has 0 aromatic heterocycles. The molecule has 1 fully saturated rings. The van der Waals surface area contributed by atoms with Crippen LogP contribution in [-0.4, -0.2) is 12.9 Å². The number of ether oxygens (including phenoxy) is 2. The van der Waals surface area contributed by atoms with E-state index in [0.717, 1.165) is 29.3 Å². The number of hydrogen-bond donors (Lipinski definition) is 0. The van der Waals surface area contributed by atoms with Gasteiger partial charge in [0.15, 0.2) is 5.78 Å². The van der Waals surface area contributed by atoms with Gasteiger partial charge in [-0.3, -0.25) is 4.79 Å². The zero-order valence-electron chi connectivity index (χ0n) is 12.5. The van der Waals surface area contributed by atoms with E-state index in [1.54, 1.807) is 13.2 Å². The van der Waals surface area contributed by atoms with Crippen LogP contribution in [0.15, 0.2) is 72.2 Å². The fourth-order valence-corrected chi connectivity index (χ4v) is 2.58. The molecule has 0 radical (unpaired) electrons. The number of benzene rings is 1. The van der Waals surface area contributed by atoms with Crippen LogP contribution in [0.2, 0.25) is 0 Å². The molecule has 3 nitrogen and oxygen atoms in total. The quantitative estimate of drug-likeness (QED) is 0.794. The van der Waals surface area contributed by atoms with E-state index in [0.29, 0.717) is 6.42 Å². The smallest absolute Gasteiger partial charge is 0.163 e. The average molecular weight is 294 g/mol. The van der Waals surface area contributed by atoms with Gasteiger partial charge in [-0.05, 0) is 23.8 Å². The van der Waals surface area contributed by atoms with Crippen LogP contribution in [-0.2, 0) is 16.0 Å². The zero-order chi connectivity index (χ0) is 15.4. The first kappa shape index (κ1) is 14.4. The molecule has 0 saturated carbocycles. The first-order valence-electron chi connectivity index (χ1n) is 7.34. The number of allylic oxidation sites excluding steroid dienone is 7. The van der Waals surface area contributed by atoms with Gasteiger partial charge in [0.05, 0.1) is 7.11 Å². The monoisotopic (exact) mass is 294 g/mol. The van der Waals surface area contributed by atoms with E-state index < -0.39 is 0 Å². The molecule has 2 aliphatic rings. The van der Waals surface area contributed by atoms with Crippen molar-refractivity contribution in [3.63, 3.8) is 0 Å². The van der Waals surface area contributed by atoms with E-state index in [4.69, 9.17) is 9.47 Å². The van der Waals surface area contributed by atoms with Crippen molar-refractivity contribution in [2.45, 2.75) is 12.8 Å². The molecule has 112 valence electrons. The molecule has 1 saturated heterocycles. The standard InChI is InChI=1S/C19H18O3/c1-21-17-9-7-14(8-10-17)11-16(20)13-18-12-15-5-3-2-4-6-19(15)22-18/h2-10,13,15H,11-12H2,1H3/b18-13-. The molecule has 22 heavy (non-hydrogen) atoms. The van der Waals surface area contributed by atoms with Crippen molar-refractivity contribution in [3.8, 4) is 5.75 Å². The van der Waals surface area contributed by atoms with Crippen LogP contribution in [0, 0.1) is 5.92 Å². The van der Waals surface area contributed by atoms with E-state index in [2.05, 4.69) is 6.08 Å². The number of methoxy groups -OCH3 is 1. The van der Waals surface area contributed by atoms with E-state index in [-0.39, 0.29) is 11.7 Å². The van der Waals surface area contributed by atoms with Gasteiger partial charge in [0, 0.05) is 24.8 Å². The molecule has 1 aromatic rings. The summed E-state index contributed by atoms with van der Waals surface area (Å²) in [4.78, 5) is 12.2. The van der Waals surface area contributed by atoms with Crippen molar-refractivity contribution >= 4 is 5.78 Å². The molecule has 1 atom stereocenters. The molecular formula is C19H18O3. The number of rotatable bonds is 4. The Morgan fingerprint density at radius 2 is 2.09 bits per heavy atom. The highest BCUT2D eigenvalue weighted by atomic mass is 16.5. The van der Waals surface area contributed by atoms with E-state index in [9.17, 15) is 4.79 Å². The second kappa shape index (κ2) is 6.48. The van der Waals surface area contributed by atoms with Gasteiger partial charge in [0.25, 0.3) is 0 Å². The second-order valence-electron chi connectivity index (χ2n) is 5.35. The highest BCUT2D eigenvalue weighted by Gasteiger charge is 2.25. The molecule has 0 bridgehead atoms. The summed E-state index contributed by atoms with van der Waals surface area (Å²) in [5, 5.41) is 0. The average Bonchev–Trinajstić information content (AvgIpc) is 2.76. The van der Waals surface area contributed by atoms with Crippen molar-refractivity contribution < 1.29 is 14.3 Å². The predicted molar refractivity (Wildman–Crippen MR) is 85.3 cm³/mol. The van der Waals surface area contributed by atoms with Gasteiger partial charge in [0.2, 0.25) is 0 Å². The van der Waals surface area contributed by atoms with Gasteiger partial charge in [-0.15, -0.1) is 0 Å². The Morgan fingerprint density at radius 3 is 2.86 bits per heavy atom. The summed E-state index contributed by atoms with van der Waals surface area (Å²) < 4.78 is 10.9. The lowest BCUT2D eigenvalue weighted by Gasteiger charge is -2.02. The van der Waals surface area contributed by atoms with Crippen LogP contribution >= 0.6 is 0 Å². The van der Waals surface area contributed by atoms with Crippen molar-refractivity contribution in [2.75, 3.05) is 7.11 Å². The van der Waals surface area contributed by atoms with Gasteiger partial charge in [-0.2, -0.15) is 0 Å². The Balaban J connectivity index is 1.65. The number of ketones is 1. The lowest BCUT2D eigenvalue weighted by atomic mass is 10.0. The third-order valence-corrected chi connectivity index (χ3v) is 3.72. The third kappa shape index (κ3) is 3.37. The molecular weight excluding hydrogens is 276 g/mol. The molecule has 1 aromatic carbocycles. The minimum Gasteiger partial charge on any atom is -0.497 e. The first-order chi connectivity index (χ1) is 10.7. The Hall–Kier alpha value is -2.55. The molecule has 3 rings (SSSR count).